The zero-order valence-corrected chi connectivity index (χ0v) is 16.4. The van der Waals surface area contributed by atoms with Gasteiger partial charge in [-0.3, -0.25) is 14.5 Å². The quantitative estimate of drug-likeness (QED) is 0.711. The molecule has 1 saturated heterocycles. The van der Waals surface area contributed by atoms with Crippen LogP contribution in [0.4, 0.5) is 11.4 Å². The molecule has 1 aromatic carbocycles. The fraction of sp³-hybridized carbons (Fsp3) is 0.600. The number of anilines is 2. The second-order valence-corrected chi connectivity index (χ2v) is 7.53. The Morgan fingerprint density at radius 2 is 1.67 bits per heavy atom. The number of amides is 2. The van der Waals surface area contributed by atoms with Gasteiger partial charge in [0.05, 0.1) is 13.1 Å². The van der Waals surface area contributed by atoms with Gasteiger partial charge < -0.3 is 20.4 Å². The van der Waals surface area contributed by atoms with Crippen molar-refractivity contribution in [1.82, 2.24) is 15.1 Å². The summed E-state index contributed by atoms with van der Waals surface area (Å²) in [5, 5.41) is 5.84. The molecule has 7 nitrogen and oxygen atoms in total. The second kappa shape index (κ2) is 9.19. The van der Waals surface area contributed by atoms with E-state index in [-0.39, 0.29) is 24.9 Å². The van der Waals surface area contributed by atoms with Crippen molar-refractivity contribution in [3.63, 3.8) is 0 Å². The van der Waals surface area contributed by atoms with E-state index in [1.165, 1.54) is 5.69 Å². The number of piperazine rings is 1. The minimum absolute atomic E-state index is 0.0136. The molecule has 2 amide bonds. The maximum Gasteiger partial charge on any atom is 0.238 e. The summed E-state index contributed by atoms with van der Waals surface area (Å²) in [7, 11) is 1.78. The zero-order valence-electron chi connectivity index (χ0n) is 16.4. The van der Waals surface area contributed by atoms with E-state index in [4.69, 9.17) is 0 Å². The molecule has 2 aliphatic rings. The molecule has 1 heterocycles. The SMILES string of the molecule is CCN1CCN(c2ccc(NC(=O)CN(C)CC(=O)NC3CC3)cc2)CC1. The summed E-state index contributed by atoms with van der Waals surface area (Å²) < 4.78 is 0. The molecule has 0 aromatic heterocycles. The van der Waals surface area contributed by atoms with Gasteiger partial charge in [-0.2, -0.15) is 0 Å². The largest absolute Gasteiger partial charge is 0.369 e. The molecule has 148 valence electrons. The van der Waals surface area contributed by atoms with E-state index >= 15 is 0 Å². The van der Waals surface area contributed by atoms with E-state index < -0.39 is 0 Å². The molecule has 2 N–H and O–H groups in total. The van der Waals surface area contributed by atoms with Crippen molar-refractivity contribution in [2.45, 2.75) is 25.8 Å². The summed E-state index contributed by atoms with van der Waals surface area (Å²) >= 11 is 0. The molecule has 0 unspecified atom stereocenters. The van der Waals surface area contributed by atoms with Gasteiger partial charge >= 0.3 is 0 Å². The topological polar surface area (TPSA) is 67.9 Å². The van der Waals surface area contributed by atoms with E-state index in [0.717, 1.165) is 51.3 Å². The number of carbonyl (C=O) groups excluding carboxylic acids is 2. The lowest BCUT2D eigenvalue weighted by atomic mass is 10.2. The summed E-state index contributed by atoms with van der Waals surface area (Å²) in [6.45, 7) is 8.00. The second-order valence-electron chi connectivity index (χ2n) is 7.53. The lowest BCUT2D eigenvalue weighted by Crippen LogP contribution is -2.46. The molecule has 2 fully saturated rings. The normalized spacial score (nSPS) is 17.8. The van der Waals surface area contributed by atoms with Crippen molar-refractivity contribution in [2.24, 2.45) is 0 Å². The van der Waals surface area contributed by atoms with Crippen molar-refractivity contribution in [1.29, 1.82) is 0 Å². The smallest absolute Gasteiger partial charge is 0.238 e. The number of nitrogens with one attached hydrogen (secondary N) is 2. The molecule has 1 saturated carbocycles. The number of hydrogen-bond acceptors (Lipinski definition) is 5. The predicted molar refractivity (Wildman–Crippen MR) is 108 cm³/mol. The Bertz CT molecular complexity index is 636. The molecule has 1 aliphatic heterocycles. The summed E-state index contributed by atoms with van der Waals surface area (Å²) in [6.07, 6.45) is 2.14. The van der Waals surface area contributed by atoms with Crippen molar-refractivity contribution < 1.29 is 9.59 Å². The fourth-order valence-corrected chi connectivity index (χ4v) is 3.33. The monoisotopic (exact) mass is 373 g/mol. The van der Waals surface area contributed by atoms with Crippen LogP contribution in [0.2, 0.25) is 0 Å². The zero-order chi connectivity index (χ0) is 19.2. The molecule has 1 aromatic rings. The number of benzene rings is 1. The number of carbonyl (C=O) groups is 2. The number of rotatable bonds is 8. The van der Waals surface area contributed by atoms with Crippen LogP contribution in [0.15, 0.2) is 24.3 Å². The van der Waals surface area contributed by atoms with Gasteiger partial charge in [-0.15, -0.1) is 0 Å². The Kier molecular flexibility index (Phi) is 6.68. The third-order valence-electron chi connectivity index (χ3n) is 5.11. The van der Waals surface area contributed by atoms with Crippen molar-refractivity contribution >= 4 is 23.2 Å². The van der Waals surface area contributed by atoms with Crippen molar-refractivity contribution in [3.8, 4) is 0 Å². The number of likely N-dealkylation sites (N-methyl/N-ethyl adjacent to an activating group) is 2. The van der Waals surface area contributed by atoms with Crippen LogP contribution < -0.4 is 15.5 Å². The Morgan fingerprint density at radius 1 is 1.04 bits per heavy atom. The highest BCUT2D eigenvalue weighted by Gasteiger charge is 2.23. The van der Waals surface area contributed by atoms with Crippen LogP contribution in [-0.4, -0.2) is 80.5 Å². The summed E-state index contributed by atoms with van der Waals surface area (Å²) in [6, 6.07) is 8.36. The average molecular weight is 374 g/mol. The van der Waals surface area contributed by atoms with Gasteiger partial charge in [0, 0.05) is 43.6 Å². The first-order chi connectivity index (χ1) is 13.0. The predicted octanol–water partition coefficient (Wildman–Crippen LogP) is 0.977. The van der Waals surface area contributed by atoms with E-state index in [2.05, 4.69) is 39.5 Å². The van der Waals surface area contributed by atoms with Gasteiger partial charge in [-0.1, -0.05) is 6.92 Å². The van der Waals surface area contributed by atoms with Gasteiger partial charge in [0.25, 0.3) is 0 Å². The highest BCUT2D eigenvalue weighted by molar-refractivity contribution is 5.92. The molecule has 3 rings (SSSR count). The lowest BCUT2D eigenvalue weighted by molar-refractivity contribution is -0.123. The number of nitrogens with zero attached hydrogens (tertiary/aromatic N) is 3. The molecule has 0 atom stereocenters. The maximum atomic E-state index is 12.2. The first kappa shape index (κ1) is 19.6. The standard InChI is InChI=1S/C20H31N5O2/c1-3-24-10-12-25(13-11-24)18-8-6-17(7-9-18)22-20(27)15-23(2)14-19(26)21-16-4-5-16/h6-9,16H,3-5,10-15H2,1-2H3,(H,21,26)(H,22,27). The average Bonchev–Trinajstić information content (AvgIpc) is 3.46. The van der Waals surface area contributed by atoms with Crippen LogP contribution in [0.3, 0.4) is 0 Å². The Hall–Kier alpha value is -2.12. The Balaban J connectivity index is 1.42. The Labute approximate surface area is 161 Å². The van der Waals surface area contributed by atoms with Gasteiger partial charge in [0.2, 0.25) is 11.8 Å². The molecule has 7 heteroatoms. The van der Waals surface area contributed by atoms with Crippen LogP contribution >= 0.6 is 0 Å². The van der Waals surface area contributed by atoms with Crippen LogP contribution in [0.1, 0.15) is 19.8 Å². The maximum absolute atomic E-state index is 12.2. The van der Waals surface area contributed by atoms with Gasteiger partial charge in [-0.25, -0.2) is 0 Å². The van der Waals surface area contributed by atoms with Gasteiger partial charge in [-0.05, 0) is 50.7 Å². The molecule has 0 bridgehead atoms. The summed E-state index contributed by atoms with van der Waals surface area (Å²) in [5.41, 5.74) is 1.98. The van der Waals surface area contributed by atoms with E-state index in [0.29, 0.717) is 6.04 Å². The van der Waals surface area contributed by atoms with Crippen LogP contribution in [0.25, 0.3) is 0 Å². The van der Waals surface area contributed by atoms with Crippen molar-refractivity contribution in [2.75, 3.05) is 63.1 Å². The lowest BCUT2D eigenvalue weighted by Gasteiger charge is -2.35. The van der Waals surface area contributed by atoms with E-state index in [1.807, 2.05) is 12.1 Å². The number of hydrogen-bond donors (Lipinski definition) is 2. The third-order valence-corrected chi connectivity index (χ3v) is 5.11. The Morgan fingerprint density at radius 3 is 2.26 bits per heavy atom. The molecular formula is C20H31N5O2. The molecule has 0 spiro atoms. The molecule has 1 aliphatic carbocycles. The van der Waals surface area contributed by atoms with Gasteiger partial charge in [0.15, 0.2) is 0 Å². The van der Waals surface area contributed by atoms with E-state index in [9.17, 15) is 9.59 Å². The summed E-state index contributed by atoms with van der Waals surface area (Å²) in [5.74, 6) is -0.124. The van der Waals surface area contributed by atoms with Crippen LogP contribution in [0, 0.1) is 0 Å². The first-order valence-electron chi connectivity index (χ1n) is 9.88. The van der Waals surface area contributed by atoms with E-state index in [1.54, 1.807) is 11.9 Å². The van der Waals surface area contributed by atoms with Crippen LogP contribution in [0.5, 0.6) is 0 Å². The first-order valence-corrected chi connectivity index (χ1v) is 9.88. The molecule has 0 radical (unpaired) electrons. The minimum atomic E-state index is -0.110. The fourth-order valence-electron chi connectivity index (χ4n) is 3.33. The van der Waals surface area contributed by atoms with Crippen molar-refractivity contribution in [3.05, 3.63) is 24.3 Å². The van der Waals surface area contributed by atoms with Gasteiger partial charge in [0.1, 0.15) is 0 Å². The highest BCUT2D eigenvalue weighted by atomic mass is 16.2. The minimum Gasteiger partial charge on any atom is -0.369 e. The third kappa shape index (κ3) is 6.22. The summed E-state index contributed by atoms with van der Waals surface area (Å²) in [4.78, 5) is 30.5. The molecular weight excluding hydrogens is 342 g/mol. The highest BCUT2D eigenvalue weighted by Crippen LogP contribution is 2.20. The molecule has 27 heavy (non-hydrogen) atoms. The van der Waals surface area contributed by atoms with Crippen LogP contribution in [-0.2, 0) is 9.59 Å².